The van der Waals surface area contributed by atoms with E-state index in [-0.39, 0.29) is 23.0 Å². The molecule has 2 heterocycles. The second-order valence-corrected chi connectivity index (χ2v) is 6.87. The molecule has 0 aliphatic carbocycles. The molecule has 0 bridgehead atoms. The van der Waals surface area contributed by atoms with Crippen LogP contribution in [0.4, 0.5) is 0 Å². The fourth-order valence-electron chi connectivity index (χ4n) is 2.47. The summed E-state index contributed by atoms with van der Waals surface area (Å²) in [7, 11) is 0. The van der Waals surface area contributed by atoms with Crippen molar-refractivity contribution >= 4 is 11.8 Å². The molecule has 0 unspecified atom stereocenters. The van der Waals surface area contributed by atoms with Crippen molar-refractivity contribution in [2.45, 2.75) is 85.0 Å². The number of carbonyl (C=O) groups excluding carboxylic acids is 2. The molecule has 0 radical (unpaired) electrons. The second-order valence-electron chi connectivity index (χ2n) is 6.87. The van der Waals surface area contributed by atoms with Gasteiger partial charge < -0.3 is 10.6 Å². The van der Waals surface area contributed by atoms with Crippen molar-refractivity contribution < 1.29 is 37.2 Å². The minimum absolute atomic E-state index is 0. The quantitative estimate of drug-likeness (QED) is 0.225. The molecule has 30 heavy (non-hydrogen) atoms. The number of amides is 2. The number of carbonyl (C=O) groups is 2. The number of unbranched alkanes of at least 4 members (excludes halogenated alkanes) is 3. The molecule has 1 aromatic rings. The molecular weight excluding hydrogens is 426 g/mol. The summed E-state index contributed by atoms with van der Waals surface area (Å²) in [4.78, 5) is 27.8. The third-order valence-corrected chi connectivity index (χ3v) is 4.36. The standard InChI is InChI=1S/C12H16N2O.C6H13NO.C4H10.Fe.H2O2/c15-12(14-9-1-2-10-14)4-3-11-5-7-13-8-6-11;1-2-3-4-5-6(7)8;1-3-4-2;;1-2/h5-8H,1-4,9-10H2;2-5H2,1H3,(H2,7,8);3-4H2,1-2H3;;1-2H. The Kier molecular flexibility index (Phi) is 28.3. The van der Waals surface area contributed by atoms with E-state index >= 15 is 0 Å². The number of hydrogen-bond acceptors (Lipinski definition) is 5. The third kappa shape index (κ3) is 21.2. The predicted molar refractivity (Wildman–Crippen MR) is 118 cm³/mol. The summed E-state index contributed by atoms with van der Waals surface area (Å²) in [6.07, 6.45) is 13.7. The summed E-state index contributed by atoms with van der Waals surface area (Å²) in [5.41, 5.74) is 6.09. The molecule has 2 rings (SSSR count). The molecule has 8 heteroatoms. The van der Waals surface area contributed by atoms with Crippen LogP contribution in [0.15, 0.2) is 24.5 Å². The Bertz CT molecular complexity index is 496. The molecule has 1 aromatic heterocycles. The molecule has 0 aromatic carbocycles. The van der Waals surface area contributed by atoms with Crippen molar-refractivity contribution in [3.8, 4) is 0 Å². The van der Waals surface area contributed by atoms with E-state index in [1.54, 1.807) is 12.4 Å². The second kappa shape index (κ2) is 25.6. The van der Waals surface area contributed by atoms with Crippen LogP contribution < -0.4 is 5.73 Å². The number of aryl methyl sites for hydroxylation is 1. The Balaban J connectivity index is -0.000000415. The number of aromatic nitrogens is 1. The summed E-state index contributed by atoms with van der Waals surface area (Å²) in [5.74, 6) is 0.114. The number of primary amides is 1. The topological polar surface area (TPSA) is 117 Å². The number of pyridine rings is 1. The summed E-state index contributed by atoms with van der Waals surface area (Å²) in [6.45, 7) is 8.37. The molecule has 4 N–H and O–H groups in total. The van der Waals surface area contributed by atoms with Gasteiger partial charge in [0.25, 0.3) is 0 Å². The Labute approximate surface area is 192 Å². The number of nitrogens with two attached hydrogens (primary N) is 1. The molecule has 2 amide bonds. The van der Waals surface area contributed by atoms with Crippen molar-refractivity contribution in [1.29, 1.82) is 0 Å². The third-order valence-electron chi connectivity index (χ3n) is 4.36. The summed E-state index contributed by atoms with van der Waals surface area (Å²) in [5, 5.41) is 12.0. The van der Waals surface area contributed by atoms with Gasteiger partial charge in [-0.05, 0) is 43.4 Å². The molecule has 0 saturated carbocycles. The Morgan fingerprint density at radius 2 is 1.50 bits per heavy atom. The van der Waals surface area contributed by atoms with E-state index < -0.39 is 0 Å². The van der Waals surface area contributed by atoms with Crippen molar-refractivity contribution in [1.82, 2.24) is 9.88 Å². The first-order valence-electron chi connectivity index (χ1n) is 10.7. The van der Waals surface area contributed by atoms with Crippen molar-refractivity contribution in [3.05, 3.63) is 30.1 Å². The van der Waals surface area contributed by atoms with E-state index in [1.807, 2.05) is 17.0 Å². The van der Waals surface area contributed by atoms with Crippen LogP contribution in [0.5, 0.6) is 0 Å². The molecule has 0 spiro atoms. The van der Waals surface area contributed by atoms with Crippen LogP contribution in [-0.2, 0) is 33.1 Å². The smallest absolute Gasteiger partial charge is 0.222 e. The van der Waals surface area contributed by atoms with E-state index in [0.717, 1.165) is 38.8 Å². The first kappa shape index (κ1) is 33.2. The van der Waals surface area contributed by atoms with Gasteiger partial charge in [0.05, 0.1) is 0 Å². The number of likely N-dealkylation sites (tertiary alicyclic amines) is 1. The van der Waals surface area contributed by atoms with Crippen molar-refractivity contribution in [3.63, 3.8) is 0 Å². The van der Waals surface area contributed by atoms with Gasteiger partial charge in [-0.25, -0.2) is 0 Å². The van der Waals surface area contributed by atoms with Crippen molar-refractivity contribution in [2.24, 2.45) is 5.73 Å². The summed E-state index contributed by atoms with van der Waals surface area (Å²) < 4.78 is 0. The molecule has 1 aliphatic heterocycles. The average molecular weight is 467 g/mol. The van der Waals surface area contributed by atoms with Gasteiger partial charge in [0.1, 0.15) is 0 Å². The van der Waals surface area contributed by atoms with Gasteiger partial charge in [0, 0.05) is 55.4 Å². The van der Waals surface area contributed by atoms with Gasteiger partial charge >= 0.3 is 0 Å². The molecular formula is C22H41FeN3O4. The minimum atomic E-state index is -0.182. The number of hydrogen-bond donors (Lipinski definition) is 3. The zero-order valence-corrected chi connectivity index (χ0v) is 19.9. The van der Waals surface area contributed by atoms with Gasteiger partial charge in [0.15, 0.2) is 0 Å². The van der Waals surface area contributed by atoms with E-state index in [9.17, 15) is 9.59 Å². The largest absolute Gasteiger partial charge is 0.370 e. The van der Waals surface area contributed by atoms with Gasteiger partial charge in [-0.2, -0.15) is 0 Å². The van der Waals surface area contributed by atoms with Crippen LogP contribution >= 0.6 is 0 Å². The molecule has 176 valence electrons. The Hall–Kier alpha value is -1.47. The maximum absolute atomic E-state index is 11.7. The molecule has 1 saturated heterocycles. The Morgan fingerprint density at radius 1 is 0.967 bits per heavy atom. The van der Waals surface area contributed by atoms with Crippen LogP contribution in [0.25, 0.3) is 0 Å². The first-order chi connectivity index (χ1) is 14.0. The van der Waals surface area contributed by atoms with Crippen LogP contribution in [0.3, 0.4) is 0 Å². The summed E-state index contributed by atoms with van der Waals surface area (Å²) >= 11 is 0. The van der Waals surface area contributed by atoms with Gasteiger partial charge in [-0.1, -0.05) is 46.5 Å². The molecule has 7 nitrogen and oxygen atoms in total. The van der Waals surface area contributed by atoms with Gasteiger partial charge in [0.2, 0.25) is 11.8 Å². The maximum Gasteiger partial charge on any atom is 0.222 e. The number of rotatable bonds is 8. The van der Waals surface area contributed by atoms with Crippen molar-refractivity contribution in [2.75, 3.05) is 13.1 Å². The van der Waals surface area contributed by atoms with E-state index in [1.165, 1.54) is 31.2 Å². The average Bonchev–Trinajstić information content (AvgIpc) is 3.30. The first-order valence-corrected chi connectivity index (χ1v) is 10.7. The van der Waals surface area contributed by atoms with Crippen LogP contribution in [0, 0.1) is 0 Å². The summed E-state index contributed by atoms with van der Waals surface area (Å²) in [6, 6.07) is 3.94. The van der Waals surface area contributed by atoms with Crippen LogP contribution in [0.2, 0.25) is 0 Å². The van der Waals surface area contributed by atoms with E-state index in [0.29, 0.717) is 18.7 Å². The van der Waals surface area contributed by atoms with E-state index in [4.69, 9.17) is 16.2 Å². The predicted octanol–water partition coefficient (Wildman–Crippen LogP) is 4.51. The normalized spacial score (nSPS) is 11.4. The minimum Gasteiger partial charge on any atom is -0.370 e. The fourth-order valence-corrected chi connectivity index (χ4v) is 2.47. The molecule has 1 aliphatic rings. The maximum atomic E-state index is 11.7. The number of nitrogens with zero attached hydrogens (tertiary/aromatic N) is 2. The van der Waals surface area contributed by atoms with E-state index in [2.05, 4.69) is 25.8 Å². The zero-order valence-electron chi connectivity index (χ0n) is 18.8. The van der Waals surface area contributed by atoms with Gasteiger partial charge in [-0.3, -0.25) is 25.1 Å². The monoisotopic (exact) mass is 467 g/mol. The van der Waals surface area contributed by atoms with Gasteiger partial charge in [-0.15, -0.1) is 0 Å². The van der Waals surface area contributed by atoms with Crippen LogP contribution in [0.1, 0.15) is 84.1 Å². The Morgan fingerprint density at radius 3 is 1.93 bits per heavy atom. The SMILES string of the molecule is CCCC.CCCCCC(N)=O.O=C(CCc1ccncc1)N1CCCC1.OO.[Fe]. The zero-order chi connectivity index (χ0) is 22.3. The molecule has 0 atom stereocenters. The van der Waals surface area contributed by atoms with Crippen LogP contribution in [-0.4, -0.2) is 45.3 Å². The fraction of sp³-hybridized carbons (Fsp3) is 0.682. The molecule has 1 fully saturated rings.